The molecule has 4 rings (SSSR count). The molecular formula is C20H12F3N3O3S. The summed E-state index contributed by atoms with van der Waals surface area (Å²) >= 11 is 0.961. The Kier molecular flexibility index (Phi) is 5.13. The van der Waals surface area contributed by atoms with Gasteiger partial charge in [0.2, 0.25) is 12.7 Å². The number of halogens is 3. The summed E-state index contributed by atoms with van der Waals surface area (Å²) in [6, 6.07) is 11.7. The summed E-state index contributed by atoms with van der Waals surface area (Å²) in [4.78, 5) is 16.6. The van der Waals surface area contributed by atoms with Gasteiger partial charge >= 0.3 is 6.18 Å². The van der Waals surface area contributed by atoms with E-state index in [4.69, 9.17) is 9.47 Å². The molecule has 3 aromatic rings. The molecule has 0 spiro atoms. The van der Waals surface area contributed by atoms with Crippen LogP contribution < -0.4 is 14.8 Å². The minimum Gasteiger partial charge on any atom is -0.454 e. The van der Waals surface area contributed by atoms with Crippen LogP contribution >= 0.6 is 11.8 Å². The van der Waals surface area contributed by atoms with Crippen LogP contribution in [0.15, 0.2) is 47.5 Å². The van der Waals surface area contributed by atoms with Gasteiger partial charge in [-0.15, -0.1) is 0 Å². The molecule has 1 aliphatic heterocycles. The average Bonchev–Trinajstić information content (AvgIpc) is 3.16. The van der Waals surface area contributed by atoms with Gasteiger partial charge in [0.15, 0.2) is 11.5 Å². The van der Waals surface area contributed by atoms with Crippen LogP contribution in [0.3, 0.4) is 0 Å². The van der Waals surface area contributed by atoms with E-state index < -0.39 is 17.6 Å². The van der Waals surface area contributed by atoms with Gasteiger partial charge in [0.25, 0.3) is 0 Å². The second kappa shape index (κ2) is 7.76. The van der Waals surface area contributed by atoms with Gasteiger partial charge < -0.3 is 14.8 Å². The Labute approximate surface area is 172 Å². The van der Waals surface area contributed by atoms with Crippen LogP contribution in [0.5, 0.6) is 11.5 Å². The molecule has 1 N–H and O–H groups in total. The van der Waals surface area contributed by atoms with E-state index >= 15 is 0 Å². The number of benzene rings is 2. The molecule has 1 aromatic heterocycles. The van der Waals surface area contributed by atoms with E-state index in [1.165, 1.54) is 18.2 Å². The number of rotatable bonds is 4. The van der Waals surface area contributed by atoms with E-state index in [9.17, 15) is 23.2 Å². The van der Waals surface area contributed by atoms with Crippen LogP contribution in [-0.2, 0) is 11.0 Å². The maximum atomic E-state index is 13.1. The quantitative estimate of drug-likeness (QED) is 0.609. The molecule has 0 aliphatic carbocycles. The number of carbonyl (C=O) groups excluding carboxylic acids is 1. The molecule has 0 fully saturated rings. The molecule has 1 aliphatic rings. The van der Waals surface area contributed by atoms with Gasteiger partial charge in [0.05, 0.1) is 28.1 Å². The number of fused-ring (bicyclic) bond motifs is 2. The summed E-state index contributed by atoms with van der Waals surface area (Å²) in [5.41, 5.74) is -0.463. The number of anilines is 1. The van der Waals surface area contributed by atoms with E-state index in [1.54, 1.807) is 18.2 Å². The van der Waals surface area contributed by atoms with Crippen LogP contribution in [0.2, 0.25) is 0 Å². The predicted molar refractivity (Wildman–Crippen MR) is 103 cm³/mol. The third kappa shape index (κ3) is 3.97. The Hall–Kier alpha value is -3.45. The van der Waals surface area contributed by atoms with Crippen LogP contribution in [-0.4, -0.2) is 23.4 Å². The fourth-order valence-corrected chi connectivity index (χ4v) is 3.66. The monoisotopic (exact) mass is 431 g/mol. The smallest absolute Gasteiger partial charge is 0.418 e. The average molecular weight is 431 g/mol. The first kappa shape index (κ1) is 19.8. The minimum absolute atomic E-state index is 0.0952. The minimum atomic E-state index is -4.59. The Morgan fingerprint density at radius 1 is 1.20 bits per heavy atom. The number of carbonyl (C=O) groups is 1. The Bertz CT molecular complexity index is 1190. The summed E-state index contributed by atoms with van der Waals surface area (Å²) in [6.07, 6.45) is -4.59. The Balaban J connectivity index is 1.53. The molecule has 0 saturated heterocycles. The number of hydrogen-bond acceptors (Lipinski definition) is 6. The summed E-state index contributed by atoms with van der Waals surface area (Å²) in [6.45, 7) is 0.0952. The van der Waals surface area contributed by atoms with E-state index in [0.717, 1.165) is 17.8 Å². The zero-order valence-corrected chi connectivity index (χ0v) is 15.9. The van der Waals surface area contributed by atoms with Gasteiger partial charge in [-0.2, -0.15) is 18.4 Å². The second-order valence-electron chi connectivity index (χ2n) is 6.23. The van der Waals surface area contributed by atoms with Crippen molar-refractivity contribution in [3.8, 4) is 17.6 Å². The van der Waals surface area contributed by atoms with Gasteiger partial charge in [-0.25, -0.2) is 4.98 Å². The third-order valence-electron chi connectivity index (χ3n) is 4.24. The molecule has 10 heteroatoms. The molecule has 6 nitrogen and oxygen atoms in total. The molecule has 152 valence electrons. The summed E-state index contributed by atoms with van der Waals surface area (Å²) in [5, 5.41) is 12.6. The first-order valence-corrected chi connectivity index (χ1v) is 9.57. The summed E-state index contributed by atoms with van der Waals surface area (Å²) in [7, 11) is 0. The third-order valence-corrected chi connectivity index (χ3v) is 5.23. The Morgan fingerprint density at radius 3 is 2.67 bits per heavy atom. The lowest BCUT2D eigenvalue weighted by atomic mass is 10.1. The maximum absolute atomic E-state index is 13.1. The van der Waals surface area contributed by atoms with Crippen molar-refractivity contribution in [2.24, 2.45) is 0 Å². The lowest BCUT2D eigenvalue weighted by Crippen LogP contribution is -2.18. The highest BCUT2D eigenvalue weighted by Crippen LogP contribution is 2.37. The van der Waals surface area contributed by atoms with E-state index in [0.29, 0.717) is 27.4 Å². The van der Waals surface area contributed by atoms with Crippen molar-refractivity contribution < 1.29 is 27.4 Å². The molecule has 0 atom stereocenters. The molecule has 0 unspecified atom stereocenters. The van der Waals surface area contributed by atoms with Crippen molar-refractivity contribution in [3.05, 3.63) is 53.6 Å². The van der Waals surface area contributed by atoms with Crippen molar-refractivity contribution in [2.45, 2.75) is 11.2 Å². The molecule has 0 saturated carbocycles. The van der Waals surface area contributed by atoms with Crippen molar-refractivity contribution in [1.29, 1.82) is 5.26 Å². The number of nitriles is 1. The van der Waals surface area contributed by atoms with Crippen molar-refractivity contribution >= 4 is 34.3 Å². The lowest BCUT2D eigenvalue weighted by molar-refractivity contribution is -0.137. The molecule has 2 aromatic carbocycles. The standard InChI is InChI=1S/C20H12F3N3O3S/c21-20(22,23)13-3-1-2-4-14(13)25-18(27)9-30-19-12(8-24)5-11-6-16-17(29-10-28-16)7-15(11)26-19/h1-7H,9-10H2,(H,25,27). The van der Waals surface area contributed by atoms with Gasteiger partial charge in [0, 0.05) is 11.5 Å². The van der Waals surface area contributed by atoms with E-state index in [2.05, 4.69) is 10.3 Å². The largest absolute Gasteiger partial charge is 0.454 e. The molecule has 30 heavy (non-hydrogen) atoms. The first-order valence-electron chi connectivity index (χ1n) is 8.58. The molecule has 2 heterocycles. The first-order chi connectivity index (χ1) is 14.3. The van der Waals surface area contributed by atoms with Gasteiger partial charge in [-0.05, 0) is 24.3 Å². The lowest BCUT2D eigenvalue weighted by Gasteiger charge is -2.13. The summed E-state index contributed by atoms with van der Waals surface area (Å²) < 4.78 is 49.8. The van der Waals surface area contributed by atoms with Gasteiger partial charge in [-0.1, -0.05) is 23.9 Å². The van der Waals surface area contributed by atoms with Crippen molar-refractivity contribution in [2.75, 3.05) is 17.9 Å². The van der Waals surface area contributed by atoms with Gasteiger partial charge in [0.1, 0.15) is 11.1 Å². The number of ether oxygens (including phenoxy) is 2. The van der Waals surface area contributed by atoms with Crippen molar-refractivity contribution in [1.82, 2.24) is 4.98 Å². The fourth-order valence-electron chi connectivity index (χ4n) is 2.90. The molecule has 0 bridgehead atoms. The zero-order chi connectivity index (χ0) is 21.3. The second-order valence-corrected chi connectivity index (χ2v) is 7.20. The van der Waals surface area contributed by atoms with Crippen LogP contribution in [0.1, 0.15) is 11.1 Å². The number of nitrogens with one attached hydrogen (secondary N) is 1. The summed E-state index contributed by atoms with van der Waals surface area (Å²) in [5.74, 6) is 0.214. The van der Waals surface area contributed by atoms with E-state index in [-0.39, 0.29) is 23.8 Å². The highest BCUT2D eigenvalue weighted by molar-refractivity contribution is 8.00. The number of amides is 1. The van der Waals surface area contributed by atoms with Crippen LogP contribution in [0.25, 0.3) is 10.9 Å². The van der Waals surface area contributed by atoms with Crippen LogP contribution in [0.4, 0.5) is 18.9 Å². The maximum Gasteiger partial charge on any atom is 0.418 e. The fraction of sp³-hybridized carbons (Fsp3) is 0.150. The number of para-hydroxylation sites is 1. The highest BCUT2D eigenvalue weighted by atomic mass is 32.2. The van der Waals surface area contributed by atoms with E-state index in [1.807, 2.05) is 6.07 Å². The van der Waals surface area contributed by atoms with Crippen molar-refractivity contribution in [3.63, 3.8) is 0 Å². The highest BCUT2D eigenvalue weighted by Gasteiger charge is 2.33. The molecule has 1 amide bonds. The number of aromatic nitrogens is 1. The van der Waals surface area contributed by atoms with Crippen LogP contribution in [0, 0.1) is 11.3 Å². The molecule has 0 radical (unpaired) electrons. The number of hydrogen-bond donors (Lipinski definition) is 1. The topological polar surface area (TPSA) is 84.2 Å². The van der Waals surface area contributed by atoms with Gasteiger partial charge in [-0.3, -0.25) is 4.79 Å². The normalized spacial score (nSPS) is 12.6. The Morgan fingerprint density at radius 2 is 1.93 bits per heavy atom. The predicted octanol–water partition coefficient (Wildman–Crippen LogP) is 4.58. The zero-order valence-electron chi connectivity index (χ0n) is 15.1. The number of alkyl halides is 3. The number of nitrogens with zero attached hydrogens (tertiary/aromatic N) is 2. The number of pyridine rings is 1. The SMILES string of the molecule is N#Cc1cc2cc3c(cc2nc1SCC(=O)Nc1ccccc1C(F)(F)F)OCO3. The number of thioether (sulfide) groups is 1. The molecular weight excluding hydrogens is 419 g/mol.